The number of aromatic nitrogens is 5. The fourth-order valence-electron chi connectivity index (χ4n) is 2.89. The number of anilines is 2. The molecule has 0 N–H and O–H groups in total. The van der Waals surface area contributed by atoms with Crippen LogP contribution in [0.5, 0.6) is 0 Å². The summed E-state index contributed by atoms with van der Waals surface area (Å²) in [4.78, 5) is 17.7. The van der Waals surface area contributed by atoms with Gasteiger partial charge in [0.25, 0.3) is 0 Å². The van der Waals surface area contributed by atoms with Gasteiger partial charge in [-0.15, -0.1) is 0 Å². The Balaban J connectivity index is 1.74. The van der Waals surface area contributed by atoms with E-state index in [1.807, 2.05) is 36.7 Å². The molecule has 2 aromatic rings. The molecule has 1 aliphatic heterocycles. The van der Waals surface area contributed by atoms with E-state index in [9.17, 15) is 0 Å². The van der Waals surface area contributed by atoms with Crippen molar-refractivity contribution in [1.82, 2.24) is 24.7 Å². The first-order valence-electron chi connectivity index (χ1n) is 7.72. The predicted molar refractivity (Wildman–Crippen MR) is 86.1 cm³/mol. The molecule has 0 aliphatic carbocycles. The van der Waals surface area contributed by atoms with Crippen LogP contribution in [-0.2, 0) is 6.54 Å². The van der Waals surface area contributed by atoms with Gasteiger partial charge in [-0.05, 0) is 25.7 Å². The molecule has 3 rings (SSSR count). The zero-order chi connectivity index (χ0) is 15.5. The molecule has 7 heteroatoms. The summed E-state index contributed by atoms with van der Waals surface area (Å²) >= 11 is 0. The molecule has 0 radical (unpaired) electrons. The van der Waals surface area contributed by atoms with Gasteiger partial charge in [0.2, 0.25) is 5.95 Å². The van der Waals surface area contributed by atoms with Crippen molar-refractivity contribution in [2.75, 3.05) is 37.0 Å². The van der Waals surface area contributed by atoms with Gasteiger partial charge in [0, 0.05) is 45.5 Å². The largest absolute Gasteiger partial charge is 0.363 e. The zero-order valence-corrected chi connectivity index (χ0v) is 13.5. The summed E-state index contributed by atoms with van der Waals surface area (Å²) in [6.07, 6.45) is 5.75. The summed E-state index contributed by atoms with van der Waals surface area (Å²) in [5.74, 6) is 2.36. The molecule has 7 nitrogen and oxygen atoms in total. The van der Waals surface area contributed by atoms with E-state index >= 15 is 0 Å². The van der Waals surface area contributed by atoms with Crippen LogP contribution in [0, 0.1) is 12.8 Å². The van der Waals surface area contributed by atoms with Crippen LogP contribution < -0.4 is 9.80 Å². The van der Waals surface area contributed by atoms with E-state index in [0.29, 0.717) is 5.92 Å². The molecule has 1 aliphatic rings. The minimum Gasteiger partial charge on any atom is -0.363 e. The molecular weight excluding hydrogens is 278 g/mol. The fourth-order valence-corrected chi connectivity index (χ4v) is 2.89. The molecule has 2 aromatic heterocycles. The van der Waals surface area contributed by atoms with Gasteiger partial charge >= 0.3 is 0 Å². The third-order valence-electron chi connectivity index (χ3n) is 4.00. The van der Waals surface area contributed by atoms with E-state index in [0.717, 1.165) is 43.5 Å². The van der Waals surface area contributed by atoms with Crippen LogP contribution in [0.4, 0.5) is 11.8 Å². The summed E-state index contributed by atoms with van der Waals surface area (Å²) in [5, 5.41) is 4.21. The molecule has 22 heavy (non-hydrogen) atoms. The molecular formula is C15H23N7. The molecule has 0 aromatic carbocycles. The number of piperidine rings is 1. The van der Waals surface area contributed by atoms with Gasteiger partial charge in [0.15, 0.2) is 0 Å². The van der Waals surface area contributed by atoms with E-state index < -0.39 is 0 Å². The Bertz CT molecular complexity index is 608. The van der Waals surface area contributed by atoms with Crippen molar-refractivity contribution in [2.24, 2.45) is 5.92 Å². The van der Waals surface area contributed by atoms with Crippen LogP contribution >= 0.6 is 0 Å². The highest BCUT2D eigenvalue weighted by Gasteiger charge is 2.23. The third kappa shape index (κ3) is 3.35. The molecule has 1 atom stereocenters. The second-order valence-corrected chi connectivity index (χ2v) is 6.13. The molecule has 1 saturated heterocycles. The van der Waals surface area contributed by atoms with Gasteiger partial charge in [-0.2, -0.15) is 10.1 Å². The summed E-state index contributed by atoms with van der Waals surface area (Å²) < 4.78 is 1.91. The zero-order valence-electron chi connectivity index (χ0n) is 13.5. The van der Waals surface area contributed by atoms with Crippen LogP contribution in [0.25, 0.3) is 0 Å². The van der Waals surface area contributed by atoms with Crippen molar-refractivity contribution >= 4 is 11.8 Å². The van der Waals surface area contributed by atoms with E-state index in [-0.39, 0.29) is 0 Å². The summed E-state index contributed by atoms with van der Waals surface area (Å²) in [6, 6.07) is 2.01. The standard InChI is InChI=1S/C15H23N7/c1-12-7-14(20(2)3)19-15(18-12)21-6-4-5-13(8-21)9-22-11-16-10-17-22/h7,10-11,13H,4-6,8-9H2,1-3H3/t13-/m1/s1. The van der Waals surface area contributed by atoms with Crippen molar-refractivity contribution in [3.63, 3.8) is 0 Å². The molecule has 0 unspecified atom stereocenters. The lowest BCUT2D eigenvalue weighted by Crippen LogP contribution is -2.38. The second-order valence-electron chi connectivity index (χ2n) is 6.13. The van der Waals surface area contributed by atoms with Crippen molar-refractivity contribution < 1.29 is 0 Å². The van der Waals surface area contributed by atoms with Crippen molar-refractivity contribution in [2.45, 2.75) is 26.3 Å². The average molecular weight is 301 g/mol. The fraction of sp³-hybridized carbons (Fsp3) is 0.600. The lowest BCUT2D eigenvalue weighted by Gasteiger charge is -2.33. The van der Waals surface area contributed by atoms with E-state index in [4.69, 9.17) is 4.98 Å². The van der Waals surface area contributed by atoms with Gasteiger partial charge < -0.3 is 9.80 Å². The summed E-state index contributed by atoms with van der Waals surface area (Å²) in [7, 11) is 4.02. The molecule has 118 valence electrons. The quantitative estimate of drug-likeness (QED) is 0.849. The first-order chi connectivity index (χ1) is 10.6. The molecule has 0 amide bonds. The normalized spacial score (nSPS) is 18.5. The van der Waals surface area contributed by atoms with Gasteiger partial charge in [-0.1, -0.05) is 0 Å². The van der Waals surface area contributed by atoms with Gasteiger partial charge in [-0.25, -0.2) is 9.97 Å². The maximum Gasteiger partial charge on any atom is 0.227 e. The van der Waals surface area contributed by atoms with Crippen molar-refractivity contribution in [1.29, 1.82) is 0 Å². The van der Waals surface area contributed by atoms with Crippen LogP contribution in [0.3, 0.4) is 0 Å². The topological polar surface area (TPSA) is 63.0 Å². The highest BCUT2D eigenvalue weighted by Crippen LogP contribution is 2.23. The minimum absolute atomic E-state index is 0.558. The number of aryl methyl sites for hydroxylation is 1. The maximum absolute atomic E-state index is 4.69. The van der Waals surface area contributed by atoms with Gasteiger partial charge in [0.1, 0.15) is 18.5 Å². The first kappa shape index (κ1) is 14.7. The first-order valence-corrected chi connectivity index (χ1v) is 7.72. The van der Waals surface area contributed by atoms with Crippen LogP contribution in [0.1, 0.15) is 18.5 Å². The van der Waals surface area contributed by atoms with Crippen LogP contribution in [0.2, 0.25) is 0 Å². The lowest BCUT2D eigenvalue weighted by molar-refractivity contribution is 0.349. The third-order valence-corrected chi connectivity index (χ3v) is 4.00. The monoisotopic (exact) mass is 301 g/mol. The van der Waals surface area contributed by atoms with E-state index in [1.54, 1.807) is 12.7 Å². The van der Waals surface area contributed by atoms with Crippen LogP contribution in [0.15, 0.2) is 18.7 Å². The second kappa shape index (κ2) is 6.29. The molecule has 0 saturated carbocycles. The highest BCUT2D eigenvalue weighted by molar-refractivity contribution is 5.45. The SMILES string of the molecule is Cc1cc(N(C)C)nc(N2CCC[C@@H](Cn3cncn3)C2)n1. The number of hydrogen-bond donors (Lipinski definition) is 0. The molecule has 1 fully saturated rings. The maximum atomic E-state index is 4.69. The Hall–Kier alpha value is -2.18. The smallest absolute Gasteiger partial charge is 0.227 e. The Morgan fingerprint density at radius 2 is 2.18 bits per heavy atom. The Kier molecular flexibility index (Phi) is 4.22. The Labute approximate surface area is 131 Å². The summed E-state index contributed by atoms with van der Waals surface area (Å²) in [5.41, 5.74) is 1.01. The predicted octanol–water partition coefficient (Wildman–Crippen LogP) is 1.36. The van der Waals surface area contributed by atoms with Gasteiger partial charge in [-0.3, -0.25) is 4.68 Å². The number of rotatable bonds is 4. The Morgan fingerprint density at radius 3 is 2.91 bits per heavy atom. The Morgan fingerprint density at radius 1 is 1.32 bits per heavy atom. The average Bonchev–Trinajstić information content (AvgIpc) is 3.00. The highest BCUT2D eigenvalue weighted by atomic mass is 15.3. The number of nitrogens with zero attached hydrogens (tertiary/aromatic N) is 7. The van der Waals surface area contributed by atoms with E-state index in [1.165, 1.54) is 6.42 Å². The minimum atomic E-state index is 0.558. The molecule has 0 spiro atoms. The molecule has 3 heterocycles. The van der Waals surface area contributed by atoms with Crippen molar-refractivity contribution in [3.8, 4) is 0 Å². The summed E-state index contributed by atoms with van der Waals surface area (Å²) in [6.45, 7) is 4.91. The van der Waals surface area contributed by atoms with Gasteiger partial charge in [0.05, 0.1) is 0 Å². The number of hydrogen-bond acceptors (Lipinski definition) is 6. The van der Waals surface area contributed by atoms with E-state index in [2.05, 4.69) is 20.0 Å². The lowest BCUT2D eigenvalue weighted by atomic mass is 9.98. The van der Waals surface area contributed by atoms with Crippen molar-refractivity contribution in [3.05, 3.63) is 24.4 Å². The van der Waals surface area contributed by atoms with Crippen LogP contribution in [-0.4, -0.2) is 51.9 Å². The molecule has 0 bridgehead atoms.